The molecule has 1 aliphatic carbocycles. The molecule has 1 saturated carbocycles. The lowest BCUT2D eigenvalue weighted by Gasteiger charge is -2.28. The zero-order valence-corrected chi connectivity index (χ0v) is 12.9. The molecule has 3 atom stereocenters. The van der Waals surface area contributed by atoms with Crippen molar-refractivity contribution in [3.05, 3.63) is 0 Å². The third-order valence-electron chi connectivity index (χ3n) is 4.21. The second kappa shape index (κ2) is 8.28. The van der Waals surface area contributed by atoms with Crippen molar-refractivity contribution in [2.45, 2.75) is 71.8 Å². The minimum Gasteiger partial charge on any atom is -0.481 e. The smallest absolute Gasteiger partial charge is 0.309 e. The van der Waals surface area contributed by atoms with Crippen LogP contribution in [0.5, 0.6) is 0 Å². The van der Waals surface area contributed by atoms with Crippen molar-refractivity contribution in [3.63, 3.8) is 0 Å². The van der Waals surface area contributed by atoms with Gasteiger partial charge in [-0.1, -0.05) is 40.0 Å². The number of unbranched alkanes of at least 4 members (excludes halogenated alkanes) is 1. The molecule has 0 aromatic rings. The van der Waals surface area contributed by atoms with E-state index >= 15 is 0 Å². The third kappa shape index (κ3) is 5.14. The van der Waals surface area contributed by atoms with Crippen molar-refractivity contribution >= 4 is 11.9 Å². The van der Waals surface area contributed by atoms with E-state index < -0.39 is 5.97 Å². The Morgan fingerprint density at radius 3 is 2.45 bits per heavy atom. The highest BCUT2D eigenvalue weighted by molar-refractivity contribution is 5.75. The Balaban J connectivity index is 2.52. The third-order valence-corrected chi connectivity index (χ3v) is 4.21. The number of hydrogen-bond acceptors (Lipinski definition) is 3. The van der Waals surface area contributed by atoms with Gasteiger partial charge in [-0.25, -0.2) is 0 Å². The fourth-order valence-corrected chi connectivity index (χ4v) is 2.81. The topological polar surface area (TPSA) is 63.6 Å². The first kappa shape index (κ1) is 17.0. The predicted octanol–water partition coefficient (Wildman–Crippen LogP) is 3.64. The predicted molar refractivity (Wildman–Crippen MR) is 77.3 cm³/mol. The minimum absolute atomic E-state index is 0.0346. The normalized spacial score (nSPS) is 24.4. The summed E-state index contributed by atoms with van der Waals surface area (Å²) in [6.45, 7) is 6.25. The van der Waals surface area contributed by atoms with E-state index in [-0.39, 0.29) is 23.9 Å². The lowest BCUT2D eigenvalue weighted by molar-refractivity contribution is -0.159. The molecule has 0 aromatic carbocycles. The molecule has 1 rings (SSSR count). The Kier molecular flexibility index (Phi) is 7.03. The maximum atomic E-state index is 12.2. The monoisotopic (exact) mass is 284 g/mol. The van der Waals surface area contributed by atoms with Crippen molar-refractivity contribution in [1.82, 2.24) is 0 Å². The van der Waals surface area contributed by atoms with E-state index in [1.807, 2.05) is 0 Å². The minimum atomic E-state index is -0.783. The van der Waals surface area contributed by atoms with Crippen LogP contribution in [0.1, 0.15) is 65.7 Å². The van der Waals surface area contributed by atoms with E-state index in [0.717, 1.165) is 32.1 Å². The maximum absolute atomic E-state index is 12.2. The zero-order chi connectivity index (χ0) is 15.1. The molecule has 0 spiro atoms. The fraction of sp³-hybridized carbons (Fsp3) is 0.875. The molecule has 0 heterocycles. The molecule has 0 amide bonds. The Hall–Kier alpha value is -1.06. The molecule has 1 fully saturated rings. The number of carbonyl (C=O) groups is 2. The van der Waals surface area contributed by atoms with E-state index in [0.29, 0.717) is 18.8 Å². The van der Waals surface area contributed by atoms with Crippen LogP contribution in [0.2, 0.25) is 0 Å². The Morgan fingerprint density at radius 1 is 1.25 bits per heavy atom. The molecule has 4 heteroatoms. The van der Waals surface area contributed by atoms with E-state index in [1.165, 1.54) is 0 Å². The van der Waals surface area contributed by atoms with Crippen LogP contribution in [-0.2, 0) is 14.3 Å². The number of rotatable bonds is 7. The average molecular weight is 284 g/mol. The van der Waals surface area contributed by atoms with Crippen molar-refractivity contribution in [1.29, 1.82) is 0 Å². The summed E-state index contributed by atoms with van der Waals surface area (Å²) in [6.07, 6.45) is 5.69. The van der Waals surface area contributed by atoms with E-state index in [1.54, 1.807) is 0 Å². The fourth-order valence-electron chi connectivity index (χ4n) is 2.81. The van der Waals surface area contributed by atoms with Crippen molar-refractivity contribution < 1.29 is 19.4 Å². The van der Waals surface area contributed by atoms with Gasteiger partial charge < -0.3 is 9.84 Å². The number of carboxylic acid groups (broad SMARTS) is 1. The van der Waals surface area contributed by atoms with Gasteiger partial charge in [-0.05, 0) is 31.6 Å². The first-order valence-electron chi connectivity index (χ1n) is 7.89. The van der Waals surface area contributed by atoms with E-state index in [2.05, 4.69) is 20.8 Å². The molecule has 1 aliphatic rings. The van der Waals surface area contributed by atoms with Gasteiger partial charge in [0.25, 0.3) is 0 Å². The summed E-state index contributed by atoms with van der Waals surface area (Å²) < 4.78 is 5.65. The average Bonchev–Trinajstić information content (AvgIpc) is 2.42. The number of hydrogen-bond donors (Lipinski definition) is 1. The highest BCUT2D eigenvalue weighted by Crippen LogP contribution is 2.31. The molecule has 0 bridgehead atoms. The van der Waals surface area contributed by atoms with Gasteiger partial charge >= 0.3 is 11.9 Å². The van der Waals surface area contributed by atoms with Gasteiger partial charge in [0.15, 0.2) is 0 Å². The summed E-state index contributed by atoms with van der Waals surface area (Å²) in [7, 11) is 0. The highest BCUT2D eigenvalue weighted by Gasteiger charge is 2.33. The van der Waals surface area contributed by atoms with Crippen molar-refractivity contribution in [2.75, 3.05) is 0 Å². The summed E-state index contributed by atoms with van der Waals surface area (Å²) in [5.41, 5.74) is 0. The van der Waals surface area contributed by atoms with E-state index in [9.17, 15) is 9.59 Å². The molecule has 1 N–H and O–H groups in total. The summed E-state index contributed by atoms with van der Waals surface area (Å²) >= 11 is 0. The summed E-state index contributed by atoms with van der Waals surface area (Å²) in [6, 6.07) is 0. The van der Waals surface area contributed by atoms with Crippen LogP contribution < -0.4 is 0 Å². The van der Waals surface area contributed by atoms with Crippen LogP contribution in [0, 0.1) is 17.8 Å². The molecule has 3 unspecified atom stereocenters. The van der Waals surface area contributed by atoms with Gasteiger partial charge in [-0.3, -0.25) is 9.59 Å². The largest absolute Gasteiger partial charge is 0.481 e. The maximum Gasteiger partial charge on any atom is 0.309 e. The van der Waals surface area contributed by atoms with Crippen molar-refractivity contribution in [3.8, 4) is 0 Å². The molecule has 20 heavy (non-hydrogen) atoms. The number of ether oxygens (including phenoxy) is 1. The first-order valence-corrected chi connectivity index (χ1v) is 7.89. The van der Waals surface area contributed by atoms with Crippen LogP contribution in [0.25, 0.3) is 0 Å². The number of carbonyl (C=O) groups excluding carboxylic acids is 1. The second-order valence-corrected chi connectivity index (χ2v) is 6.26. The van der Waals surface area contributed by atoms with Gasteiger partial charge in [-0.2, -0.15) is 0 Å². The lowest BCUT2D eigenvalue weighted by atomic mass is 9.81. The zero-order valence-electron chi connectivity index (χ0n) is 12.9. The van der Waals surface area contributed by atoms with Gasteiger partial charge in [0.1, 0.15) is 6.10 Å². The van der Waals surface area contributed by atoms with Crippen LogP contribution in [0.3, 0.4) is 0 Å². The van der Waals surface area contributed by atoms with Gasteiger partial charge in [0, 0.05) is 0 Å². The first-order chi connectivity index (χ1) is 9.45. The molecule has 0 radical (unpaired) electrons. The Bertz CT molecular complexity index is 324. The molecule has 116 valence electrons. The van der Waals surface area contributed by atoms with Crippen LogP contribution in [0.4, 0.5) is 0 Å². The standard InChI is InChI=1S/C16H28O4/c1-4-5-9-14(11(2)3)20-16(19)13-8-6-7-12(10-13)15(17)18/h11-14H,4-10H2,1-3H3,(H,17,18). The number of esters is 1. The molecular weight excluding hydrogens is 256 g/mol. The van der Waals surface area contributed by atoms with Crippen molar-refractivity contribution in [2.24, 2.45) is 17.8 Å². The number of aliphatic carboxylic acids is 1. The Labute approximate surface area is 121 Å². The SMILES string of the molecule is CCCCC(OC(=O)C1CCCC(C(=O)O)C1)C(C)C. The lowest BCUT2D eigenvalue weighted by Crippen LogP contribution is -2.32. The quantitative estimate of drug-likeness (QED) is 0.725. The molecule has 4 nitrogen and oxygen atoms in total. The molecule has 0 aliphatic heterocycles. The number of carboxylic acids is 1. The van der Waals surface area contributed by atoms with Crippen LogP contribution >= 0.6 is 0 Å². The summed E-state index contributed by atoms with van der Waals surface area (Å²) in [5, 5.41) is 9.07. The van der Waals surface area contributed by atoms with Gasteiger partial charge in [0.05, 0.1) is 11.8 Å². The van der Waals surface area contributed by atoms with E-state index in [4.69, 9.17) is 9.84 Å². The molecule has 0 aromatic heterocycles. The van der Waals surface area contributed by atoms with Gasteiger partial charge in [-0.15, -0.1) is 0 Å². The molecular formula is C16H28O4. The second-order valence-electron chi connectivity index (χ2n) is 6.26. The summed E-state index contributed by atoms with van der Waals surface area (Å²) in [4.78, 5) is 23.3. The van der Waals surface area contributed by atoms with Crippen LogP contribution in [-0.4, -0.2) is 23.1 Å². The molecule has 0 saturated heterocycles. The Morgan fingerprint density at radius 2 is 1.90 bits per heavy atom. The summed E-state index contributed by atoms with van der Waals surface area (Å²) in [5.74, 6) is -1.27. The van der Waals surface area contributed by atoms with Crippen LogP contribution in [0.15, 0.2) is 0 Å². The highest BCUT2D eigenvalue weighted by atomic mass is 16.5. The van der Waals surface area contributed by atoms with Gasteiger partial charge in [0.2, 0.25) is 0 Å².